The Balaban J connectivity index is 1.17. The lowest BCUT2D eigenvalue weighted by molar-refractivity contribution is 0.119. The Morgan fingerprint density at radius 2 is 1.81 bits per heavy atom. The molecule has 0 spiro atoms. The van der Waals surface area contributed by atoms with Gasteiger partial charge in [-0.3, -0.25) is 0 Å². The standard InChI is InChI=1S/C24H26N4O3/c1-28-14-26-27-23(28)15-10-16(22(29)11-15)12-25-24(30)31-13-21-19-8-4-2-6-17(19)18-7-3-5-9-20(18)21/h2-9,14-16,21-22,29H,10-13H2,1H3,(H,25,30)/t15-,16+,22+/m0/s1. The van der Waals surface area contributed by atoms with Crippen LogP contribution in [0, 0.1) is 5.92 Å². The summed E-state index contributed by atoms with van der Waals surface area (Å²) in [7, 11) is 1.91. The molecule has 2 aliphatic rings. The molecular formula is C24H26N4O3. The number of hydrogen-bond donors (Lipinski definition) is 2. The maximum atomic E-state index is 12.4. The second kappa shape index (κ2) is 8.15. The van der Waals surface area contributed by atoms with Gasteiger partial charge in [-0.2, -0.15) is 0 Å². The number of carbonyl (C=O) groups is 1. The van der Waals surface area contributed by atoms with E-state index in [0.29, 0.717) is 13.0 Å². The van der Waals surface area contributed by atoms with Crippen molar-refractivity contribution < 1.29 is 14.6 Å². The Labute approximate surface area is 181 Å². The fraction of sp³-hybridized carbons (Fsp3) is 0.375. The lowest BCUT2D eigenvalue weighted by Crippen LogP contribution is -2.33. The van der Waals surface area contributed by atoms with Crippen molar-refractivity contribution in [3.8, 4) is 11.1 Å². The van der Waals surface area contributed by atoms with E-state index in [-0.39, 0.29) is 24.4 Å². The Hall–Kier alpha value is -3.19. The van der Waals surface area contributed by atoms with Gasteiger partial charge >= 0.3 is 6.09 Å². The number of carbonyl (C=O) groups excluding carboxylic acids is 1. The molecule has 1 fully saturated rings. The highest BCUT2D eigenvalue weighted by molar-refractivity contribution is 5.79. The molecule has 31 heavy (non-hydrogen) atoms. The number of nitrogens with zero attached hydrogens (tertiary/aromatic N) is 3. The highest BCUT2D eigenvalue weighted by Crippen LogP contribution is 2.44. The Morgan fingerprint density at radius 3 is 2.45 bits per heavy atom. The number of ether oxygens (including phenoxy) is 1. The first-order valence-corrected chi connectivity index (χ1v) is 10.7. The molecule has 2 aromatic carbocycles. The number of aliphatic hydroxyl groups is 1. The van der Waals surface area contributed by atoms with Crippen molar-refractivity contribution in [3.05, 3.63) is 71.8 Å². The van der Waals surface area contributed by atoms with Crippen molar-refractivity contribution in [3.63, 3.8) is 0 Å². The second-order valence-corrected chi connectivity index (χ2v) is 8.50. The molecule has 0 unspecified atom stereocenters. The van der Waals surface area contributed by atoms with Crippen LogP contribution in [0.1, 0.15) is 41.6 Å². The SMILES string of the molecule is Cn1cnnc1[C@H]1C[C@H](CNC(=O)OCC2c3ccccc3-c3ccccc32)[C@H](O)C1. The van der Waals surface area contributed by atoms with E-state index in [9.17, 15) is 9.90 Å². The molecule has 0 aliphatic heterocycles. The topological polar surface area (TPSA) is 89.3 Å². The van der Waals surface area contributed by atoms with Gasteiger partial charge in [-0.05, 0) is 35.1 Å². The molecular weight excluding hydrogens is 392 g/mol. The lowest BCUT2D eigenvalue weighted by Gasteiger charge is -2.17. The summed E-state index contributed by atoms with van der Waals surface area (Å²) in [5.74, 6) is 1.04. The van der Waals surface area contributed by atoms with Gasteiger partial charge in [-0.15, -0.1) is 10.2 Å². The molecule has 5 rings (SSSR count). The van der Waals surface area contributed by atoms with E-state index in [4.69, 9.17) is 4.74 Å². The van der Waals surface area contributed by atoms with Crippen LogP contribution in [0.4, 0.5) is 4.79 Å². The Kier molecular flexibility index (Phi) is 5.19. The first kappa shape index (κ1) is 19.8. The molecule has 1 aromatic heterocycles. The van der Waals surface area contributed by atoms with E-state index in [1.165, 1.54) is 22.3 Å². The number of hydrogen-bond acceptors (Lipinski definition) is 5. The maximum absolute atomic E-state index is 12.4. The van der Waals surface area contributed by atoms with Gasteiger partial charge < -0.3 is 19.7 Å². The summed E-state index contributed by atoms with van der Waals surface area (Å²) in [6, 6.07) is 16.5. The minimum atomic E-state index is -0.476. The summed E-state index contributed by atoms with van der Waals surface area (Å²) in [5, 5.41) is 21.4. The molecule has 0 bridgehead atoms. The number of nitrogens with one attached hydrogen (secondary N) is 1. The normalized spacial score (nSPS) is 22.2. The molecule has 3 atom stereocenters. The van der Waals surface area contributed by atoms with Crippen molar-refractivity contribution in [1.82, 2.24) is 20.1 Å². The van der Waals surface area contributed by atoms with Gasteiger partial charge in [0, 0.05) is 31.3 Å². The van der Waals surface area contributed by atoms with Crippen LogP contribution in [-0.4, -0.2) is 45.2 Å². The van der Waals surface area contributed by atoms with Crippen molar-refractivity contribution in [2.75, 3.05) is 13.2 Å². The highest BCUT2D eigenvalue weighted by atomic mass is 16.5. The Morgan fingerprint density at radius 1 is 1.13 bits per heavy atom. The summed E-state index contributed by atoms with van der Waals surface area (Å²) in [6.07, 6.45) is 2.14. The van der Waals surface area contributed by atoms with Crippen LogP contribution in [0.25, 0.3) is 11.1 Å². The average molecular weight is 418 g/mol. The summed E-state index contributed by atoms with van der Waals surface area (Å²) in [5.41, 5.74) is 4.79. The number of aromatic nitrogens is 3. The van der Waals surface area contributed by atoms with Crippen molar-refractivity contribution in [2.45, 2.75) is 30.8 Å². The van der Waals surface area contributed by atoms with Gasteiger partial charge in [0.05, 0.1) is 6.10 Å². The average Bonchev–Trinajstić information content (AvgIpc) is 3.46. The van der Waals surface area contributed by atoms with Crippen molar-refractivity contribution in [1.29, 1.82) is 0 Å². The lowest BCUT2D eigenvalue weighted by atomic mass is 9.98. The number of benzene rings is 2. The van der Waals surface area contributed by atoms with E-state index < -0.39 is 12.2 Å². The second-order valence-electron chi connectivity index (χ2n) is 8.50. The largest absolute Gasteiger partial charge is 0.449 e. The van der Waals surface area contributed by atoms with E-state index in [1.807, 2.05) is 35.9 Å². The predicted octanol–water partition coefficient (Wildman–Crippen LogP) is 3.21. The van der Waals surface area contributed by atoms with Crippen molar-refractivity contribution in [2.24, 2.45) is 13.0 Å². The third-order valence-corrected chi connectivity index (χ3v) is 6.62. The highest BCUT2D eigenvalue weighted by Gasteiger charge is 2.36. The van der Waals surface area contributed by atoms with Gasteiger partial charge in [-0.1, -0.05) is 48.5 Å². The van der Waals surface area contributed by atoms with E-state index >= 15 is 0 Å². The van der Waals surface area contributed by atoms with Crippen LogP contribution < -0.4 is 5.32 Å². The number of fused-ring (bicyclic) bond motifs is 3. The molecule has 0 radical (unpaired) electrons. The van der Waals surface area contributed by atoms with Gasteiger partial charge in [0.2, 0.25) is 0 Å². The monoisotopic (exact) mass is 418 g/mol. The van der Waals surface area contributed by atoms with Crippen LogP contribution in [0.5, 0.6) is 0 Å². The molecule has 1 amide bonds. The van der Waals surface area contributed by atoms with E-state index in [0.717, 1.165) is 12.2 Å². The smallest absolute Gasteiger partial charge is 0.407 e. The number of aliphatic hydroxyl groups excluding tert-OH is 1. The number of amides is 1. The molecule has 3 aromatic rings. The van der Waals surface area contributed by atoms with E-state index in [1.54, 1.807) is 6.33 Å². The summed E-state index contributed by atoms with van der Waals surface area (Å²) < 4.78 is 7.48. The number of alkyl carbamates (subject to hydrolysis) is 1. The summed E-state index contributed by atoms with van der Waals surface area (Å²) in [4.78, 5) is 12.4. The van der Waals surface area contributed by atoms with Crippen molar-refractivity contribution >= 4 is 6.09 Å². The molecule has 0 saturated heterocycles. The van der Waals surface area contributed by atoms with Crippen LogP contribution in [0.2, 0.25) is 0 Å². The molecule has 1 saturated carbocycles. The predicted molar refractivity (Wildman–Crippen MR) is 116 cm³/mol. The van der Waals surface area contributed by atoms with Gasteiger partial charge in [0.1, 0.15) is 18.8 Å². The molecule has 7 heteroatoms. The fourth-order valence-corrected chi connectivity index (χ4v) is 5.06. The molecule has 1 heterocycles. The van der Waals surface area contributed by atoms with Crippen LogP contribution in [0.3, 0.4) is 0 Å². The molecule has 160 valence electrons. The number of aryl methyl sites for hydroxylation is 1. The quantitative estimate of drug-likeness (QED) is 0.664. The third-order valence-electron chi connectivity index (χ3n) is 6.62. The molecule has 2 aliphatic carbocycles. The zero-order chi connectivity index (χ0) is 21.4. The Bertz CT molecular complexity index is 1050. The molecule has 2 N–H and O–H groups in total. The van der Waals surface area contributed by atoms with Gasteiger partial charge in [0.25, 0.3) is 0 Å². The zero-order valence-electron chi connectivity index (χ0n) is 17.4. The summed E-state index contributed by atoms with van der Waals surface area (Å²) >= 11 is 0. The van der Waals surface area contributed by atoms with Crippen LogP contribution >= 0.6 is 0 Å². The summed E-state index contributed by atoms with van der Waals surface area (Å²) in [6.45, 7) is 0.667. The van der Waals surface area contributed by atoms with Crippen LogP contribution in [0.15, 0.2) is 54.9 Å². The molecule has 7 nitrogen and oxygen atoms in total. The fourth-order valence-electron chi connectivity index (χ4n) is 5.06. The maximum Gasteiger partial charge on any atom is 0.407 e. The minimum absolute atomic E-state index is 0.0258. The van der Waals surface area contributed by atoms with Gasteiger partial charge in [-0.25, -0.2) is 4.79 Å². The zero-order valence-corrected chi connectivity index (χ0v) is 17.4. The first-order chi connectivity index (χ1) is 15.1. The van der Waals surface area contributed by atoms with Gasteiger partial charge in [0.15, 0.2) is 0 Å². The minimum Gasteiger partial charge on any atom is -0.449 e. The first-order valence-electron chi connectivity index (χ1n) is 10.7. The van der Waals surface area contributed by atoms with E-state index in [2.05, 4.69) is 39.8 Å². The number of rotatable bonds is 5. The van der Waals surface area contributed by atoms with Crippen LogP contribution in [-0.2, 0) is 11.8 Å². The third kappa shape index (κ3) is 3.70.